The Bertz CT molecular complexity index is 800. The van der Waals surface area contributed by atoms with Crippen LogP contribution in [0.15, 0.2) is 24.4 Å². The number of ether oxygens (including phenoxy) is 1. The van der Waals surface area contributed by atoms with E-state index in [9.17, 15) is 10.1 Å². The molecule has 0 N–H and O–H groups in total. The van der Waals surface area contributed by atoms with Gasteiger partial charge in [0.25, 0.3) is 0 Å². The first kappa shape index (κ1) is 15.6. The number of fused-ring (bicyclic) bond motifs is 1. The second-order valence-electron chi connectivity index (χ2n) is 5.60. The molecule has 118 valence electrons. The number of nitriles is 1. The molecule has 0 spiro atoms. The minimum atomic E-state index is -0.204. The fraction of sp³-hybridized carbons (Fsp3) is 0.353. The zero-order chi connectivity index (χ0) is 16.4. The average Bonchev–Trinajstić information content (AvgIpc) is 2.59. The van der Waals surface area contributed by atoms with Crippen LogP contribution < -0.4 is 4.90 Å². The number of rotatable bonds is 2. The van der Waals surface area contributed by atoms with Gasteiger partial charge < -0.3 is 9.64 Å². The van der Waals surface area contributed by atoms with Gasteiger partial charge in [-0.25, -0.2) is 0 Å². The second-order valence-corrected chi connectivity index (χ2v) is 6.04. The normalized spacial score (nSPS) is 17.8. The summed E-state index contributed by atoms with van der Waals surface area (Å²) in [5, 5.41) is 10.9. The predicted molar refractivity (Wildman–Crippen MR) is 88.4 cm³/mol. The van der Waals surface area contributed by atoms with Crippen molar-refractivity contribution in [2.75, 3.05) is 25.1 Å². The van der Waals surface area contributed by atoms with Gasteiger partial charge >= 0.3 is 5.97 Å². The number of hydrogen-bond acceptors (Lipinski definition) is 5. The van der Waals surface area contributed by atoms with Crippen LogP contribution in [-0.4, -0.2) is 31.2 Å². The van der Waals surface area contributed by atoms with Gasteiger partial charge in [0.2, 0.25) is 0 Å². The Morgan fingerprint density at radius 3 is 3.09 bits per heavy atom. The molecule has 0 amide bonds. The predicted octanol–water partition coefficient (Wildman–Crippen LogP) is 3.15. The molecule has 0 radical (unpaired) electrons. The van der Waals surface area contributed by atoms with Crippen LogP contribution in [0.1, 0.15) is 18.4 Å². The largest absolute Gasteiger partial charge is 0.469 e. The highest BCUT2D eigenvalue weighted by Gasteiger charge is 2.28. The summed E-state index contributed by atoms with van der Waals surface area (Å²) in [5.41, 5.74) is 2.07. The molecule has 1 aliphatic rings. The molecule has 1 aromatic carbocycles. The van der Waals surface area contributed by atoms with Crippen molar-refractivity contribution >= 4 is 34.2 Å². The van der Waals surface area contributed by atoms with Gasteiger partial charge in [-0.1, -0.05) is 11.6 Å². The van der Waals surface area contributed by atoms with Crippen LogP contribution in [0.2, 0.25) is 5.02 Å². The van der Waals surface area contributed by atoms with Gasteiger partial charge in [0.1, 0.15) is 6.07 Å². The van der Waals surface area contributed by atoms with E-state index in [0.717, 1.165) is 36.0 Å². The summed E-state index contributed by atoms with van der Waals surface area (Å²) in [6.07, 6.45) is 3.25. The Morgan fingerprint density at radius 1 is 1.52 bits per heavy atom. The van der Waals surface area contributed by atoms with Gasteiger partial charge in [-0.15, -0.1) is 0 Å². The third kappa shape index (κ3) is 2.95. The number of esters is 1. The Kier molecular flexibility index (Phi) is 4.35. The molecule has 2 heterocycles. The zero-order valence-electron chi connectivity index (χ0n) is 12.8. The second kappa shape index (κ2) is 6.43. The summed E-state index contributed by atoms with van der Waals surface area (Å²) in [6, 6.07) is 7.64. The van der Waals surface area contributed by atoms with E-state index in [1.165, 1.54) is 7.11 Å². The molecule has 0 saturated carbocycles. The Balaban J connectivity index is 2.09. The van der Waals surface area contributed by atoms with E-state index in [1.807, 2.05) is 12.1 Å². The molecule has 0 bridgehead atoms. The zero-order valence-corrected chi connectivity index (χ0v) is 13.5. The fourth-order valence-corrected chi connectivity index (χ4v) is 3.28. The molecular weight excluding hydrogens is 314 g/mol. The molecule has 0 aliphatic carbocycles. The number of hydrogen-bond donors (Lipinski definition) is 0. The molecule has 1 saturated heterocycles. The molecule has 1 aliphatic heterocycles. The van der Waals surface area contributed by atoms with Crippen LogP contribution in [0.25, 0.3) is 10.9 Å². The third-order valence-corrected chi connectivity index (χ3v) is 4.43. The van der Waals surface area contributed by atoms with Crippen LogP contribution in [0.3, 0.4) is 0 Å². The topological polar surface area (TPSA) is 66.2 Å². The van der Waals surface area contributed by atoms with Gasteiger partial charge in [-0.2, -0.15) is 5.26 Å². The van der Waals surface area contributed by atoms with Crippen LogP contribution in [0, 0.1) is 17.2 Å². The minimum absolute atomic E-state index is 0.178. The minimum Gasteiger partial charge on any atom is -0.469 e. The standard InChI is InChI=1S/C17H16ClN3O2/c1-23-17(22)11-3-2-6-21(10-11)16-12(8-19)9-20-15-5-4-13(18)7-14(15)16/h4-5,7,9,11H,2-3,6,10H2,1H3/t11-/m0/s1. The van der Waals surface area contributed by atoms with E-state index in [4.69, 9.17) is 16.3 Å². The number of pyridine rings is 1. The fourth-order valence-electron chi connectivity index (χ4n) is 3.11. The smallest absolute Gasteiger partial charge is 0.310 e. The molecule has 3 rings (SSSR count). The first-order chi connectivity index (χ1) is 11.1. The average molecular weight is 330 g/mol. The first-order valence-corrected chi connectivity index (χ1v) is 7.83. The lowest BCUT2D eigenvalue weighted by Gasteiger charge is -2.34. The van der Waals surface area contributed by atoms with Crippen molar-refractivity contribution in [3.05, 3.63) is 35.0 Å². The summed E-state index contributed by atoms with van der Waals surface area (Å²) in [5.74, 6) is -0.382. The number of nitrogens with zero attached hydrogens (tertiary/aromatic N) is 3. The van der Waals surface area contributed by atoms with E-state index in [-0.39, 0.29) is 11.9 Å². The van der Waals surface area contributed by atoms with Crippen molar-refractivity contribution in [3.8, 4) is 6.07 Å². The molecule has 0 unspecified atom stereocenters. The van der Waals surface area contributed by atoms with Crippen molar-refractivity contribution < 1.29 is 9.53 Å². The van der Waals surface area contributed by atoms with Crippen molar-refractivity contribution in [2.24, 2.45) is 5.92 Å². The molecular formula is C17H16ClN3O2. The Labute approximate surface area is 139 Å². The van der Waals surface area contributed by atoms with Crippen molar-refractivity contribution in [1.29, 1.82) is 5.26 Å². The van der Waals surface area contributed by atoms with E-state index in [2.05, 4.69) is 16.0 Å². The highest BCUT2D eigenvalue weighted by molar-refractivity contribution is 6.31. The van der Waals surface area contributed by atoms with Gasteiger partial charge in [0.05, 0.1) is 29.8 Å². The van der Waals surface area contributed by atoms with E-state index in [0.29, 0.717) is 17.1 Å². The summed E-state index contributed by atoms with van der Waals surface area (Å²) >= 11 is 6.12. The van der Waals surface area contributed by atoms with Gasteiger partial charge in [0.15, 0.2) is 0 Å². The molecule has 5 nitrogen and oxygen atoms in total. The summed E-state index contributed by atoms with van der Waals surface area (Å²) in [6.45, 7) is 1.32. The van der Waals surface area contributed by atoms with Gasteiger partial charge in [-0.3, -0.25) is 9.78 Å². The number of aromatic nitrogens is 1. The van der Waals surface area contributed by atoms with E-state index < -0.39 is 0 Å². The highest BCUT2D eigenvalue weighted by Crippen LogP contribution is 2.34. The van der Waals surface area contributed by atoms with Crippen LogP contribution in [0.5, 0.6) is 0 Å². The maximum atomic E-state index is 11.9. The molecule has 2 aromatic rings. The van der Waals surface area contributed by atoms with Crippen LogP contribution in [-0.2, 0) is 9.53 Å². The lowest BCUT2D eigenvalue weighted by atomic mass is 9.96. The lowest BCUT2D eigenvalue weighted by Crippen LogP contribution is -2.39. The van der Waals surface area contributed by atoms with Gasteiger partial charge in [-0.05, 0) is 31.0 Å². The number of carbonyl (C=O) groups excluding carboxylic acids is 1. The SMILES string of the molecule is COC(=O)[C@H]1CCCN(c2c(C#N)cnc3ccc(Cl)cc23)C1. The number of benzene rings is 1. The number of piperidine rings is 1. The quantitative estimate of drug-likeness (QED) is 0.792. The third-order valence-electron chi connectivity index (χ3n) is 4.19. The first-order valence-electron chi connectivity index (χ1n) is 7.45. The van der Waals surface area contributed by atoms with Crippen molar-refractivity contribution in [2.45, 2.75) is 12.8 Å². The Morgan fingerprint density at radius 2 is 2.35 bits per heavy atom. The number of anilines is 1. The lowest BCUT2D eigenvalue weighted by molar-refractivity contribution is -0.145. The maximum Gasteiger partial charge on any atom is 0.310 e. The molecule has 1 atom stereocenters. The van der Waals surface area contributed by atoms with Gasteiger partial charge in [0, 0.05) is 29.7 Å². The number of halogens is 1. The monoisotopic (exact) mass is 329 g/mol. The van der Waals surface area contributed by atoms with Crippen molar-refractivity contribution in [1.82, 2.24) is 4.98 Å². The van der Waals surface area contributed by atoms with E-state index >= 15 is 0 Å². The van der Waals surface area contributed by atoms with Crippen LogP contribution in [0.4, 0.5) is 5.69 Å². The molecule has 23 heavy (non-hydrogen) atoms. The maximum absolute atomic E-state index is 11.9. The Hall–Kier alpha value is -2.32. The van der Waals surface area contributed by atoms with Crippen molar-refractivity contribution in [3.63, 3.8) is 0 Å². The highest BCUT2D eigenvalue weighted by atomic mass is 35.5. The van der Waals surface area contributed by atoms with E-state index in [1.54, 1.807) is 12.3 Å². The summed E-state index contributed by atoms with van der Waals surface area (Å²) in [4.78, 5) is 18.3. The molecule has 6 heteroatoms. The molecule has 1 aromatic heterocycles. The summed E-state index contributed by atoms with van der Waals surface area (Å²) in [7, 11) is 1.41. The summed E-state index contributed by atoms with van der Waals surface area (Å²) < 4.78 is 4.87. The number of methoxy groups -OCH3 is 1. The van der Waals surface area contributed by atoms with Crippen LogP contribution >= 0.6 is 11.6 Å². The molecule has 1 fully saturated rings. The number of carbonyl (C=O) groups is 1.